The molecule has 1 aliphatic heterocycles. The molecule has 0 atom stereocenters. The first-order valence-electron chi connectivity index (χ1n) is 7.22. The van der Waals surface area contributed by atoms with Gasteiger partial charge in [0, 0.05) is 12.8 Å². The highest BCUT2D eigenvalue weighted by Gasteiger charge is 2.17. The summed E-state index contributed by atoms with van der Waals surface area (Å²) in [6.45, 7) is 0.0447. The van der Waals surface area contributed by atoms with Crippen molar-refractivity contribution < 1.29 is 9.90 Å². The number of aliphatic hydroxyl groups is 1. The average Bonchev–Trinajstić information content (AvgIpc) is 2.49. The minimum absolute atomic E-state index is 0.0277. The molecule has 0 bridgehead atoms. The fourth-order valence-electron chi connectivity index (χ4n) is 2.19. The molecule has 0 aromatic carbocycles. The number of rotatable bonds is 4. The minimum atomic E-state index is 0.0277. The number of hydrogen-bond acceptors (Lipinski definition) is 4. The smallest absolute Gasteiger partial charge is 0.225 e. The van der Waals surface area contributed by atoms with Crippen molar-refractivity contribution in [1.29, 1.82) is 0 Å². The zero-order valence-electron chi connectivity index (χ0n) is 12.0. The SMILES string of the molecule is O=C(CC1CCSCC1)Nc1cccc(C#CCCO)n1. The third-order valence-electron chi connectivity index (χ3n) is 3.28. The molecule has 1 saturated heterocycles. The first-order chi connectivity index (χ1) is 10.3. The summed E-state index contributed by atoms with van der Waals surface area (Å²) in [7, 11) is 0. The molecule has 0 aliphatic carbocycles. The van der Waals surface area contributed by atoms with E-state index in [0.29, 0.717) is 30.3 Å². The van der Waals surface area contributed by atoms with Crippen LogP contribution in [0.15, 0.2) is 18.2 Å². The number of amides is 1. The highest BCUT2D eigenvalue weighted by atomic mass is 32.2. The molecule has 4 nitrogen and oxygen atoms in total. The van der Waals surface area contributed by atoms with Gasteiger partial charge in [0.25, 0.3) is 0 Å². The molecule has 1 aromatic heterocycles. The Kier molecular flexibility index (Phi) is 6.58. The number of pyridine rings is 1. The van der Waals surface area contributed by atoms with E-state index in [1.807, 2.05) is 17.8 Å². The first kappa shape index (κ1) is 15.9. The van der Waals surface area contributed by atoms with Gasteiger partial charge in [-0.25, -0.2) is 4.98 Å². The summed E-state index contributed by atoms with van der Waals surface area (Å²) >= 11 is 1.96. The number of anilines is 1. The van der Waals surface area contributed by atoms with E-state index in [1.165, 1.54) is 0 Å². The maximum absolute atomic E-state index is 12.0. The standard InChI is InChI=1S/C16H20N2O2S/c19-9-2-1-4-14-5-3-6-15(17-14)18-16(20)12-13-7-10-21-11-8-13/h3,5-6,13,19H,2,7-12H2,(H,17,18,20). The van der Waals surface area contributed by atoms with Gasteiger partial charge in [-0.3, -0.25) is 4.79 Å². The van der Waals surface area contributed by atoms with Crippen LogP contribution in [0, 0.1) is 17.8 Å². The minimum Gasteiger partial charge on any atom is -0.395 e. The molecule has 21 heavy (non-hydrogen) atoms. The molecule has 2 N–H and O–H groups in total. The number of thioether (sulfide) groups is 1. The Labute approximate surface area is 129 Å². The van der Waals surface area contributed by atoms with Crippen LogP contribution in [-0.4, -0.2) is 34.1 Å². The van der Waals surface area contributed by atoms with Crippen LogP contribution in [-0.2, 0) is 4.79 Å². The molecule has 1 aliphatic rings. The molecule has 2 heterocycles. The lowest BCUT2D eigenvalue weighted by Crippen LogP contribution is -2.20. The number of nitrogens with zero attached hydrogens (tertiary/aromatic N) is 1. The van der Waals surface area contributed by atoms with E-state index < -0.39 is 0 Å². The molecule has 0 unspecified atom stereocenters. The molecule has 1 aromatic rings. The van der Waals surface area contributed by atoms with Gasteiger partial charge in [-0.15, -0.1) is 0 Å². The van der Waals surface area contributed by atoms with Crippen molar-refractivity contribution in [3.8, 4) is 11.8 Å². The molecule has 0 spiro atoms. The van der Waals surface area contributed by atoms with Crippen LogP contribution in [0.2, 0.25) is 0 Å². The first-order valence-corrected chi connectivity index (χ1v) is 8.38. The van der Waals surface area contributed by atoms with Crippen molar-refractivity contribution in [3.63, 3.8) is 0 Å². The lowest BCUT2D eigenvalue weighted by atomic mass is 9.98. The fraction of sp³-hybridized carbons (Fsp3) is 0.500. The van der Waals surface area contributed by atoms with Crippen molar-refractivity contribution >= 4 is 23.5 Å². The fourth-order valence-corrected chi connectivity index (χ4v) is 3.39. The Balaban J connectivity index is 1.88. The van der Waals surface area contributed by atoms with Gasteiger partial charge in [-0.2, -0.15) is 11.8 Å². The van der Waals surface area contributed by atoms with Gasteiger partial charge in [0.2, 0.25) is 5.91 Å². The van der Waals surface area contributed by atoms with Crippen molar-refractivity contribution in [2.75, 3.05) is 23.4 Å². The molecular formula is C16H20N2O2S. The van der Waals surface area contributed by atoms with E-state index in [1.54, 1.807) is 12.1 Å². The zero-order chi connectivity index (χ0) is 14.9. The summed E-state index contributed by atoms with van der Waals surface area (Å²) < 4.78 is 0. The van der Waals surface area contributed by atoms with Crippen molar-refractivity contribution in [3.05, 3.63) is 23.9 Å². The van der Waals surface area contributed by atoms with Gasteiger partial charge >= 0.3 is 0 Å². The van der Waals surface area contributed by atoms with Crippen LogP contribution < -0.4 is 5.32 Å². The number of aliphatic hydroxyl groups excluding tert-OH is 1. The van der Waals surface area contributed by atoms with Gasteiger partial charge in [-0.1, -0.05) is 12.0 Å². The quantitative estimate of drug-likeness (QED) is 0.838. The van der Waals surface area contributed by atoms with Gasteiger partial charge in [0.15, 0.2) is 0 Å². The Morgan fingerprint density at radius 2 is 2.24 bits per heavy atom. The molecule has 1 amide bonds. The van der Waals surface area contributed by atoms with E-state index in [4.69, 9.17) is 5.11 Å². The summed E-state index contributed by atoms with van der Waals surface area (Å²) in [4.78, 5) is 16.3. The van der Waals surface area contributed by atoms with Crippen molar-refractivity contribution in [1.82, 2.24) is 4.98 Å². The van der Waals surface area contributed by atoms with E-state index >= 15 is 0 Å². The van der Waals surface area contributed by atoms with E-state index in [2.05, 4.69) is 22.1 Å². The summed E-state index contributed by atoms with van der Waals surface area (Å²) in [5.41, 5.74) is 0.607. The lowest BCUT2D eigenvalue weighted by Gasteiger charge is -2.20. The topological polar surface area (TPSA) is 62.2 Å². The molecule has 1 fully saturated rings. The van der Waals surface area contributed by atoms with E-state index in [0.717, 1.165) is 24.3 Å². The number of carbonyl (C=O) groups excluding carboxylic acids is 1. The number of hydrogen-bond donors (Lipinski definition) is 2. The Bertz CT molecular complexity index is 531. The molecule has 2 rings (SSSR count). The van der Waals surface area contributed by atoms with E-state index in [9.17, 15) is 4.79 Å². The summed E-state index contributed by atoms with van der Waals surface area (Å²) in [6.07, 6.45) is 3.25. The maximum atomic E-state index is 12.0. The number of nitrogens with one attached hydrogen (secondary N) is 1. The van der Waals surface area contributed by atoms with Crippen LogP contribution in [0.5, 0.6) is 0 Å². The van der Waals surface area contributed by atoms with Crippen LogP contribution >= 0.6 is 11.8 Å². The molecule has 0 saturated carbocycles. The second-order valence-electron chi connectivity index (χ2n) is 4.99. The van der Waals surface area contributed by atoms with Crippen molar-refractivity contribution in [2.45, 2.75) is 25.7 Å². The van der Waals surface area contributed by atoms with Crippen LogP contribution in [0.25, 0.3) is 0 Å². The van der Waals surface area contributed by atoms with Gasteiger partial charge in [0.05, 0.1) is 6.61 Å². The van der Waals surface area contributed by atoms with Gasteiger partial charge in [-0.05, 0) is 48.3 Å². The van der Waals surface area contributed by atoms with E-state index in [-0.39, 0.29) is 12.5 Å². The Morgan fingerprint density at radius 1 is 1.43 bits per heavy atom. The third kappa shape index (κ3) is 5.78. The van der Waals surface area contributed by atoms with Gasteiger partial charge < -0.3 is 10.4 Å². The zero-order valence-corrected chi connectivity index (χ0v) is 12.8. The Hall–Kier alpha value is -1.51. The Morgan fingerprint density at radius 3 is 3.00 bits per heavy atom. The largest absolute Gasteiger partial charge is 0.395 e. The van der Waals surface area contributed by atoms with Gasteiger partial charge in [0.1, 0.15) is 11.5 Å². The van der Waals surface area contributed by atoms with Crippen LogP contribution in [0.4, 0.5) is 5.82 Å². The predicted molar refractivity (Wildman–Crippen MR) is 86.1 cm³/mol. The summed E-state index contributed by atoms with van der Waals surface area (Å²) in [5, 5.41) is 11.5. The second-order valence-corrected chi connectivity index (χ2v) is 6.22. The molecular weight excluding hydrogens is 284 g/mol. The summed E-state index contributed by atoms with van der Waals surface area (Å²) in [5.74, 6) is 9.07. The molecule has 0 radical (unpaired) electrons. The number of carbonyl (C=O) groups is 1. The number of aromatic nitrogens is 1. The monoisotopic (exact) mass is 304 g/mol. The molecule has 5 heteroatoms. The van der Waals surface area contributed by atoms with Crippen LogP contribution in [0.1, 0.15) is 31.4 Å². The normalized spacial score (nSPS) is 15.1. The van der Waals surface area contributed by atoms with Crippen LogP contribution in [0.3, 0.4) is 0 Å². The highest BCUT2D eigenvalue weighted by Crippen LogP contribution is 2.25. The lowest BCUT2D eigenvalue weighted by molar-refractivity contribution is -0.117. The molecule has 112 valence electrons. The predicted octanol–water partition coefficient (Wildman–Crippen LogP) is 2.29. The van der Waals surface area contributed by atoms with Crippen molar-refractivity contribution in [2.24, 2.45) is 5.92 Å². The maximum Gasteiger partial charge on any atom is 0.225 e. The second kappa shape index (κ2) is 8.71. The highest BCUT2D eigenvalue weighted by molar-refractivity contribution is 7.99. The summed E-state index contributed by atoms with van der Waals surface area (Å²) in [6, 6.07) is 5.38. The average molecular weight is 304 g/mol. The third-order valence-corrected chi connectivity index (χ3v) is 4.33.